The summed E-state index contributed by atoms with van der Waals surface area (Å²) in [4.78, 5) is 18.8. The number of carboxylic acids is 1. The smallest absolute Gasteiger partial charge is 0.354 e. The summed E-state index contributed by atoms with van der Waals surface area (Å²) in [7, 11) is 0. The standard InChI is InChI=1S/C14H12F2N2O2/c1-7-5-9(6-8(2)11(7)12(15)16)13-17-4-3-10(18-13)14(19)20/h3-6,12H,1-2H3,(H,19,20). The Morgan fingerprint density at radius 1 is 1.25 bits per heavy atom. The highest BCUT2D eigenvalue weighted by Crippen LogP contribution is 2.30. The second kappa shape index (κ2) is 5.32. The maximum Gasteiger partial charge on any atom is 0.354 e. The molecule has 1 heterocycles. The zero-order valence-electron chi connectivity index (χ0n) is 10.9. The topological polar surface area (TPSA) is 63.1 Å². The molecule has 1 N–H and O–H groups in total. The van der Waals surface area contributed by atoms with E-state index in [1.807, 2.05) is 0 Å². The van der Waals surface area contributed by atoms with Crippen molar-refractivity contribution in [1.82, 2.24) is 9.97 Å². The Kier molecular flexibility index (Phi) is 3.74. The zero-order valence-corrected chi connectivity index (χ0v) is 10.9. The van der Waals surface area contributed by atoms with Gasteiger partial charge in [0.2, 0.25) is 0 Å². The molecule has 0 saturated carbocycles. The number of rotatable bonds is 3. The van der Waals surface area contributed by atoms with E-state index < -0.39 is 12.4 Å². The quantitative estimate of drug-likeness (QED) is 0.934. The van der Waals surface area contributed by atoms with E-state index in [4.69, 9.17) is 5.11 Å². The van der Waals surface area contributed by atoms with E-state index in [1.54, 1.807) is 13.8 Å². The van der Waals surface area contributed by atoms with Crippen LogP contribution in [0.2, 0.25) is 0 Å². The average Bonchev–Trinajstić information content (AvgIpc) is 2.37. The highest BCUT2D eigenvalue weighted by atomic mass is 19.3. The molecule has 6 heteroatoms. The number of carbonyl (C=O) groups is 1. The summed E-state index contributed by atoms with van der Waals surface area (Å²) >= 11 is 0. The highest BCUT2D eigenvalue weighted by molar-refractivity contribution is 5.85. The van der Waals surface area contributed by atoms with Crippen LogP contribution in [0.3, 0.4) is 0 Å². The number of aromatic carboxylic acids is 1. The van der Waals surface area contributed by atoms with E-state index in [1.165, 1.54) is 24.4 Å². The summed E-state index contributed by atoms with van der Waals surface area (Å²) in [6.07, 6.45) is -1.22. The second-order valence-corrected chi connectivity index (χ2v) is 4.40. The summed E-state index contributed by atoms with van der Waals surface area (Å²) in [6, 6.07) is 4.35. The van der Waals surface area contributed by atoms with E-state index in [2.05, 4.69) is 9.97 Å². The van der Waals surface area contributed by atoms with Crippen molar-refractivity contribution < 1.29 is 18.7 Å². The molecule has 0 unspecified atom stereocenters. The summed E-state index contributed by atoms with van der Waals surface area (Å²) < 4.78 is 25.8. The van der Waals surface area contributed by atoms with E-state index in [9.17, 15) is 13.6 Å². The van der Waals surface area contributed by atoms with Gasteiger partial charge >= 0.3 is 5.97 Å². The van der Waals surface area contributed by atoms with Crippen molar-refractivity contribution >= 4 is 5.97 Å². The number of halogens is 2. The van der Waals surface area contributed by atoms with Crippen molar-refractivity contribution in [3.8, 4) is 11.4 Å². The minimum absolute atomic E-state index is 0.0110. The van der Waals surface area contributed by atoms with Gasteiger partial charge in [0.05, 0.1) is 0 Å². The molecule has 0 aliphatic carbocycles. The number of aryl methyl sites for hydroxylation is 2. The molecular weight excluding hydrogens is 266 g/mol. The lowest BCUT2D eigenvalue weighted by Gasteiger charge is -2.11. The molecule has 2 aromatic rings. The van der Waals surface area contributed by atoms with Gasteiger partial charge in [-0.2, -0.15) is 0 Å². The van der Waals surface area contributed by atoms with E-state index in [0.717, 1.165) is 0 Å². The van der Waals surface area contributed by atoms with Gasteiger partial charge in [0.15, 0.2) is 11.5 Å². The fourth-order valence-corrected chi connectivity index (χ4v) is 2.06. The number of hydrogen-bond acceptors (Lipinski definition) is 3. The van der Waals surface area contributed by atoms with Crippen LogP contribution >= 0.6 is 0 Å². The van der Waals surface area contributed by atoms with Crippen LogP contribution in [0.1, 0.15) is 33.6 Å². The van der Waals surface area contributed by atoms with Crippen LogP contribution < -0.4 is 0 Å². The Hall–Kier alpha value is -2.37. The molecule has 0 amide bonds. The second-order valence-electron chi connectivity index (χ2n) is 4.40. The summed E-state index contributed by atoms with van der Waals surface area (Å²) in [5.74, 6) is -0.955. The Morgan fingerprint density at radius 3 is 2.35 bits per heavy atom. The van der Waals surface area contributed by atoms with Crippen molar-refractivity contribution in [1.29, 1.82) is 0 Å². The minimum Gasteiger partial charge on any atom is -0.477 e. The molecular formula is C14H12F2N2O2. The van der Waals surface area contributed by atoms with Crippen molar-refractivity contribution in [2.24, 2.45) is 0 Å². The first kappa shape index (κ1) is 14.0. The summed E-state index contributed by atoms with van der Waals surface area (Å²) in [5, 5.41) is 8.89. The number of aromatic nitrogens is 2. The van der Waals surface area contributed by atoms with E-state index in [0.29, 0.717) is 16.7 Å². The van der Waals surface area contributed by atoms with Crippen LogP contribution in [0.5, 0.6) is 0 Å². The van der Waals surface area contributed by atoms with Gasteiger partial charge in [-0.25, -0.2) is 23.5 Å². The molecule has 0 bridgehead atoms. The van der Waals surface area contributed by atoms with Crippen LogP contribution in [0.15, 0.2) is 24.4 Å². The van der Waals surface area contributed by atoms with Crippen molar-refractivity contribution in [2.75, 3.05) is 0 Å². The maximum atomic E-state index is 12.9. The number of carboxylic acid groups (broad SMARTS) is 1. The Balaban J connectivity index is 2.54. The molecule has 1 aromatic heterocycles. The monoisotopic (exact) mass is 278 g/mol. The largest absolute Gasteiger partial charge is 0.477 e. The third kappa shape index (κ3) is 2.64. The van der Waals surface area contributed by atoms with Gasteiger partial charge in [-0.1, -0.05) is 0 Å². The van der Waals surface area contributed by atoms with Crippen LogP contribution in [0, 0.1) is 13.8 Å². The van der Waals surface area contributed by atoms with Gasteiger partial charge in [-0.15, -0.1) is 0 Å². The molecule has 0 spiro atoms. The molecule has 0 aliphatic rings. The minimum atomic E-state index is -2.55. The SMILES string of the molecule is Cc1cc(-c2nccc(C(=O)O)n2)cc(C)c1C(F)F. The molecule has 104 valence electrons. The van der Waals surface area contributed by atoms with Crippen molar-refractivity contribution in [3.05, 3.63) is 46.8 Å². The predicted octanol–water partition coefficient (Wildman–Crippen LogP) is 3.40. The highest BCUT2D eigenvalue weighted by Gasteiger charge is 2.16. The van der Waals surface area contributed by atoms with E-state index >= 15 is 0 Å². The first-order valence-electron chi connectivity index (χ1n) is 5.86. The molecule has 4 nitrogen and oxygen atoms in total. The van der Waals surface area contributed by atoms with Crippen molar-refractivity contribution in [3.63, 3.8) is 0 Å². The first-order valence-corrected chi connectivity index (χ1v) is 5.86. The molecule has 0 radical (unpaired) electrons. The van der Waals surface area contributed by atoms with Gasteiger partial charge < -0.3 is 5.11 Å². The molecule has 0 saturated heterocycles. The van der Waals surface area contributed by atoms with Gasteiger partial charge in [-0.05, 0) is 43.2 Å². The number of benzene rings is 1. The predicted molar refractivity (Wildman–Crippen MR) is 68.9 cm³/mol. The van der Waals surface area contributed by atoms with Gasteiger partial charge in [-0.3, -0.25) is 0 Å². The Bertz CT molecular complexity index is 649. The lowest BCUT2D eigenvalue weighted by Crippen LogP contribution is -2.03. The molecule has 0 fully saturated rings. The third-order valence-corrected chi connectivity index (χ3v) is 2.94. The van der Waals surface area contributed by atoms with Crippen molar-refractivity contribution in [2.45, 2.75) is 20.3 Å². The lowest BCUT2D eigenvalue weighted by atomic mass is 9.99. The summed E-state index contributed by atoms with van der Waals surface area (Å²) in [5.41, 5.74) is 1.23. The number of hydrogen-bond donors (Lipinski definition) is 1. The maximum absolute atomic E-state index is 12.9. The Labute approximate surface area is 114 Å². The molecule has 20 heavy (non-hydrogen) atoms. The third-order valence-electron chi connectivity index (χ3n) is 2.94. The number of alkyl halides is 2. The fraction of sp³-hybridized carbons (Fsp3) is 0.214. The zero-order chi connectivity index (χ0) is 14.9. The van der Waals surface area contributed by atoms with E-state index in [-0.39, 0.29) is 17.1 Å². The molecule has 0 atom stereocenters. The van der Waals surface area contributed by atoms with Gasteiger partial charge in [0, 0.05) is 17.3 Å². The van der Waals surface area contributed by atoms with Crippen LogP contribution in [-0.2, 0) is 0 Å². The van der Waals surface area contributed by atoms with Crippen LogP contribution in [0.25, 0.3) is 11.4 Å². The van der Waals surface area contributed by atoms with Gasteiger partial charge in [0.25, 0.3) is 6.43 Å². The molecule has 2 rings (SSSR count). The first-order chi connectivity index (χ1) is 9.40. The normalized spacial score (nSPS) is 10.8. The lowest BCUT2D eigenvalue weighted by molar-refractivity contribution is 0.0690. The summed E-state index contributed by atoms with van der Waals surface area (Å²) in [6.45, 7) is 3.16. The molecule has 1 aromatic carbocycles. The van der Waals surface area contributed by atoms with Crippen LogP contribution in [0.4, 0.5) is 8.78 Å². The Morgan fingerprint density at radius 2 is 1.85 bits per heavy atom. The van der Waals surface area contributed by atoms with Crippen LogP contribution in [-0.4, -0.2) is 21.0 Å². The number of nitrogens with zero attached hydrogens (tertiary/aromatic N) is 2. The van der Waals surface area contributed by atoms with Gasteiger partial charge in [0.1, 0.15) is 0 Å². The average molecular weight is 278 g/mol. The fourth-order valence-electron chi connectivity index (χ4n) is 2.06. The molecule has 0 aliphatic heterocycles.